The Morgan fingerprint density at radius 3 is 1.86 bits per heavy atom. The first kappa shape index (κ1) is 32.8. The Balaban J connectivity index is 1.61. The third-order valence-electron chi connectivity index (χ3n) is 6.86. The molecule has 1 aliphatic rings. The summed E-state index contributed by atoms with van der Waals surface area (Å²) in [7, 11) is 0. The van der Waals surface area contributed by atoms with Crippen molar-refractivity contribution in [2.75, 3.05) is 6.61 Å². The molecular formula is C30H29F7O6. The molecule has 1 saturated heterocycles. The molecule has 0 unspecified atom stereocenters. The van der Waals surface area contributed by atoms with Crippen molar-refractivity contribution in [3.8, 4) is 0 Å². The van der Waals surface area contributed by atoms with Crippen molar-refractivity contribution in [1.29, 1.82) is 0 Å². The lowest BCUT2D eigenvalue weighted by molar-refractivity contribution is -0.327. The van der Waals surface area contributed by atoms with Gasteiger partial charge in [0.15, 0.2) is 6.29 Å². The van der Waals surface area contributed by atoms with Gasteiger partial charge in [0.2, 0.25) is 0 Å². The molecule has 3 aromatic carbocycles. The molecule has 0 radical (unpaired) electrons. The van der Waals surface area contributed by atoms with Gasteiger partial charge in [-0.1, -0.05) is 42.5 Å². The van der Waals surface area contributed by atoms with Crippen molar-refractivity contribution >= 4 is 0 Å². The first-order valence-corrected chi connectivity index (χ1v) is 13.2. The Morgan fingerprint density at radius 1 is 0.791 bits per heavy atom. The Labute approximate surface area is 242 Å². The van der Waals surface area contributed by atoms with E-state index >= 15 is 0 Å². The van der Waals surface area contributed by atoms with Crippen molar-refractivity contribution < 1.29 is 59.9 Å². The van der Waals surface area contributed by atoms with Crippen molar-refractivity contribution in [2.24, 2.45) is 0 Å². The molecule has 6 atom stereocenters. The van der Waals surface area contributed by atoms with Crippen molar-refractivity contribution in [1.82, 2.24) is 0 Å². The molecule has 6 nitrogen and oxygen atoms in total. The third-order valence-corrected chi connectivity index (χ3v) is 6.86. The van der Waals surface area contributed by atoms with Gasteiger partial charge in [-0.05, 0) is 53.9 Å². The molecule has 0 bridgehead atoms. The number of alkyl halides is 6. The van der Waals surface area contributed by atoms with E-state index in [1.165, 1.54) is 31.2 Å². The van der Waals surface area contributed by atoms with Crippen molar-refractivity contribution in [2.45, 2.75) is 69.3 Å². The summed E-state index contributed by atoms with van der Waals surface area (Å²) in [6, 6.07) is 15.1. The van der Waals surface area contributed by atoms with Gasteiger partial charge in [-0.15, -0.1) is 0 Å². The van der Waals surface area contributed by atoms with Crippen molar-refractivity contribution in [3.05, 3.63) is 106 Å². The van der Waals surface area contributed by atoms with Crippen LogP contribution >= 0.6 is 0 Å². The van der Waals surface area contributed by atoms with Crippen molar-refractivity contribution in [3.63, 3.8) is 0 Å². The second-order valence-electron chi connectivity index (χ2n) is 10.00. The lowest BCUT2D eigenvalue weighted by Crippen LogP contribution is -2.60. The highest BCUT2D eigenvalue weighted by Crippen LogP contribution is 2.39. The number of ether oxygens (including phenoxy) is 4. The molecule has 0 aliphatic carbocycles. The van der Waals surface area contributed by atoms with E-state index in [0.29, 0.717) is 17.7 Å². The number of aliphatic hydroxyl groups excluding tert-OH is 2. The smallest absolute Gasteiger partial charge is 0.394 e. The van der Waals surface area contributed by atoms with Crippen LogP contribution in [0.5, 0.6) is 0 Å². The first-order valence-electron chi connectivity index (χ1n) is 13.2. The summed E-state index contributed by atoms with van der Waals surface area (Å²) in [6.45, 7) is 0.363. The quantitative estimate of drug-likeness (QED) is 0.264. The van der Waals surface area contributed by atoms with E-state index in [4.69, 9.17) is 18.9 Å². The van der Waals surface area contributed by atoms with E-state index in [9.17, 15) is 40.9 Å². The molecule has 1 heterocycles. The number of halogens is 7. The molecule has 0 saturated carbocycles. The lowest BCUT2D eigenvalue weighted by atomic mass is 9.98. The minimum Gasteiger partial charge on any atom is -0.394 e. The number of benzene rings is 3. The highest BCUT2D eigenvalue weighted by molar-refractivity contribution is 5.34. The van der Waals surface area contributed by atoms with E-state index in [2.05, 4.69) is 0 Å². The van der Waals surface area contributed by atoms with Crippen LogP contribution in [0, 0.1) is 5.82 Å². The SMILES string of the molecule is C[C@@H](O[C@@H]1O[C@H](CO)[C@H](OCc2ccccc2)[C@H](O)[C@H]1OCc1ccc(F)cc1)c1cc(C(F)(F)F)cc(C(F)(F)F)c1. The molecule has 0 spiro atoms. The fraction of sp³-hybridized carbons (Fsp3) is 0.400. The normalized spacial score (nSPS) is 23.7. The fourth-order valence-corrected chi connectivity index (χ4v) is 4.57. The summed E-state index contributed by atoms with van der Waals surface area (Å²) >= 11 is 0. The summed E-state index contributed by atoms with van der Waals surface area (Å²) in [6.07, 6.45) is -18.4. The predicted octanol–water partition coefficient (Wildman–Crippen LogP) is 6.19. The Bertz CT molecular complexity index is 1290. The van der Waals surface area contributed by atoms with Gasteiger partial charge < -0.3 is 29.2 Å². The van der Waals surface area contributed by atoms with E-state index in [0.717, 1.165) is 5.56 Å². The van der Waals surface area contributed by atoms with Crippen LogP contribution in [-0.4, -0.2) is 47.5 Å². The molecule has 0 aromatic heterocycles. The van der Waals surface area contributed by atoms with Crippen LogP contribution < -0.4 is 0 Å². The van der Waals surface area contributed by atoms with E-state index in [1.807, 2.05) is 0 Å². The largest absolute Gasteiger partial charge is 0.416 e. The maximum absolute atomic E-state index is 13.4. The molecule has 13 heteroatoms. The standard InChI is InChI=1S/C30H29F7O6/c1-17(20-11-21(29(32,33)34)13-22(12-20)30(35,36)37)42-28-27(41-16-19-7-9-23(31)10-8-19)25(39)26(24(14-38)43-28)40-15-18-5-3-2-4-6-18/h2-13,17,24-28,38-39H,14-16H2,1H3/t17-,24-,25+,26+,27-,28-/m1/s1. The highest BCUT2D eigenvalue weighted by atomic mass is 19.4. The summed E-state index contributed by atoms with van der Waals surface area (Å²) in [4.78, 5) is 0. The minimum absolute atomic E-state index is 0.00214. The zero-order valence-corrected chi connectivity index (χ0v) is 22.7. The average molecular weight is 619 g/mol. The topological polar surface area (TPSA) is 77.4 Å². The van der Waals surface area contributed by atoms with Gasteiger partial charge in [0.1, 0.15) is 30.2 Å². The Morgan fingerprint density at radius 2 is 1.33 bits per heavy atom. The fourth-order valence-electron chi connectivity index (χ4n) is 4.57. The lowest BCUT2D eigenvalue weighted by Gasteiger charge is -2.44. The molecule has 2 N–H and O–H groups in total. The van der Waals surface area contributed by atoms with Gasteiger partial charge in [0, 0.05) is 0 Å². The van der Waals surface area contributed by atoms with E-state index in [1.54, 1.807) is 30.3 Å². The van der Waals surface area contributed by atoms with Crippen LogP contribution in [0.4, 0.5) is 30.7 Å². The Kier molecular flexibility index (Phi) is 10.5. The molecule has 234 valence electrons. The zero-order chi connectivity index (χ0) is 31.4. The second kappa shape index (κ2) is 13.7. The van der Waals surface area contributed by atoms with Crippen LogP contribution in [0.15, 0.2) is 72.8 Å². The number of aliphatic hydroxyl groups is 2. The predicted molar refractivity (Wildman–Crippen MR) is 138 cm³/mol. The first-order chi connectivity index (χ1) is 20.3. The maximum Gasteiger partial charge on any atom is 0.416 e. The summed E-state index contributed by atoms with van der Waals surface area (Å²) < 4.78 is 117. The average Bonchev–Trinajstić information content (AvgIpc) is 2.96. The third kappa shape index (κ3) is 8.52. The monoisotopic (exact) mass is 618 g/mol. The molecule has 1 aliphatic heterocycles. The molecule has 43 heavy (non-hydrogen) atoms. The summed E-state index contributed by atoms with van der Waals surface area (Å²) in [5, 5.41) is 21.3. The van der Waals surface area contributed by atoms with Crippen LogP contribution in [0.2, 0.25) is 0 Å². The maximum atomic E-state index is 13.4. The second-order valence-corrected chi connectivity index (χ2v) is 10.00. The van der Waals surface area contributed by atoms with E-state index < -0.39 is 78.3 Å². The summed E-state index contributed by atoms with van der Waals surface area (Å²) in [5.41, 5.74) is -2.28. The van der Waals surface area contributed by atoms with Gasteiger partial charge in [-0.2, -0.15) is 26.3 Å². The van der Waals surface area contributed by atoms with Gasteiger partial charge in [0.25, 0.3) is 0 Å². The number of rotatable bonds is 10. The molecule has 1 fully saturated rings. The molecule has 0 amide bonds. The van der Waals surface area contributed by atoms with Gasteiger partial charge in [0.05, 0.1) is 37.1 Å². The molecular weight excluding hydrogens is 589 g/mol. The van der Waals surface area contributed by atoms with Crippen LogP contribution in [0.1, 0.15) is 40.8 Å². The van der Waals surface area contributed by atoms with Crippen LogP contribution in [0.3, 0.4) is 0 Å². The van der Waals surface area contributed by atoms with Crippen LogP contribution in [-0.2, 0) is 44.5 Å². The Hall–Kier alpha value is -3.07. The zero-order valence-electron chi connectivity index (χ0n) is 22.7. The molecule has 3 aromatic rings. The number of hydrogen-bond donors (Lipinski definition) is 2. The number of hydrogen-bond acceptors (Lipinski definition) is 6. The van der Waals surface area contributed by atoms with Gasteiger partial charge in [-0.25, -0.2) is 4.39 Å². The highest BCUT2D eigenvalue weighted by Gasteiger charge is 2.48. The van der Waals surface area contributed by atoms with E-state index in [-0.39, 0.29) is 19.3 Å². The van der Waals surface area contributed by atoms with Crippen LogP contribution in [0.25, 0.3) is 0 Å². The minimum atomic E-state index is -5.07. The van der Waals surface area contributed by atoms with Gasteiger partial charge >= 0.3 is 12.4 Å². The summed E-state index contributed by atoms with van der Waals surface area (Å²) in [5.74, 6) is -0.501. The molecule has 4 rings (SSSR count). The van der Waals surface area contributed by atoms with Gasteiger partial charge in [-0.3, -0.25) is 0 Å².